The van der Waals surface area contributed by atoms with Gasteiger partial charge in [-0.25, -0.2) is 0 Å². The van der Waals surface area contributed by atoms with Crippen molar-refractivity contribution in [2.75, 3.05) is 13.6 Å². The van der Waals surface area contributed by atoms with Crippen LogP contribution in [0.2, 0.25) is 0 Å². The third-order valence-electron chi connectivity index (χ3n) is 13.9. The number of carbonyl (C=O) groups is 2. The third kappa shape index (κ3) is 8.38. The van der Waals surface area contributed by atoms with Crippen LogP contribution in [0.25, 0.3) is 0 Å². The van der Waals surface area contributed by atoms with Crippen molar-refractivity contribution in [1.29, 1.82) is 0 Å². The van der Waals surface area contributed by atoms with Crippen molar-refractivity contribution in [3.8, 4) is 5.75 Å². The molecule has 3 fully saturated rings. The fourth-order valence-electron chi connectivity index (χ4n) is 10.8. The van der Waals surface area contributed by atoms with Crippen molar-refractivity contribution >= 4 is 11.9 Å². The van der Waals surface area contributed by atoms with Gasteiger partial charge in [-0.3, -0.25) is 14.5 Å². The quantitative estimate of drug-likeness (QED) is 0.111. The highest BCUT2D eigenvalue weighted by molar-refractivity contribution is 5.77. The van der Waals surface area contributed by atoms with Crippen LogP contribution in [-0.4, -0.2) is 42.8 Å². The maximum atomic E-state index is 12.9. The lowest BCUT2D eigenvalue weighted by atomic mass is 9.47. The molecule has 9 atom stereocenters. The minimum Gasteiger partial charge on any atom is -0.486 e. The number of allylic oxidation sites excluding steroid dienone is 2. The summed E-state index contributed by atoms with van der Waals surface area (Å²) < 4.78 is 18.1. The molecule has 6 nitrogen and oxygen atoms in total. The minimum absolute atomic E-state index is 0.0275. The molecule has 4 aliphatic rings. The Kier molecular flexibility index (Phi) is 12.0. The zero-order chi connectivity index (χ0) is 37.0. The topological polar surface area (TPSA) is 65.1 Å². The summed E-state index contributed by atoms with van der Waals surface area (Å²) in [5, 5.41) is 0. The first-order valence-electron chi connectivity index (χ1n) is 20.1. The van der Waals surface area contributed by atoms with Crippen molar-refractivity contribution in [3.05, 3.63) is 89.5 Å². The van der Waals surface area contributed by atoms with E-state index < -0.39 is 6.23 Å². The molecule has 9 unspecified atom stereocenters. The predicted octanol–water partition coefficient (Wildman–Crippen LogP) is 10.6. The number of aryl methyl sites for hydroxylation is 1. The zero-order valence-electron chi connectivity index (χ0n) is 32.7. The molecule has 6 rings (SSSR count). The maximum absolute atomic E-state index is 12.9. The van der Waals surface area contributed by atoms with Gasteiger partial charge in [-0.05, 0) is 138 Å². The van der Waals surface area contributed by atoms with E-state index in [2.05, 4.69) is 64.6 Å². The third-order valence-corrected chi connectivity index (χ3v) is 13.9. The number of ether oxygens (including phenoxy) is 3. The van der Waals surface area contributed by atoms with E-state index in [1.54, 1.807) is 0 Å². The monoisotopic (exact) mass is 709 g/mol. The highest BCUT2D eigenvalue weighted by Gasteiger charge is 2.58. The average Bonchev–Trinajstić information content (AvgIpc) is 3.49. The molecular weight excluding hydrogens is 647 g/mol. The lowest BCUT2D eigenvalue weighted by Gasteiger charge is -2.58. The number of esters is 2. The van der Waals surface area contributed by atoms with Crippen molar-refractivity contribution in [2.24, 2.45) is 34.5 Å². The van der Waals surface area contributed by atoms with Gasteiger partial charge in [-0.15, -0.1) is 0 Å². The lowest BCUT2D eigenvalue weighted by molar-refractivity contribution is -0.161. The second-order valence-corrected chi connectivity index (χ2v) is 17.2. The zero-order valence-corrected chi connectivity index (χ0v) is 32.7. The summed E-state index contributed by atoms with van der Waals surface area (Å²) in [4.78, 5) is 27.8. The van der Waals surface area contributed by atoms with Crippen LogP contribution in [0, 0.1) is 41.4 Å². The molecule has 3 saturated carbocycles. The van der Waals surface area contributed by atoms with Gasteiger partial charge >= 0.3 is 11.9 Å². The van der Waals surface area contributed by atoms with Crippen LogP contribution < -0.4 is 4.74 Å². The first kappa shape index (κ1) is 38.3. The summed E-state index contributed by atoms with van der Waals surface area (Å²) in [6, 6.07) is 18.5. The van der Waals surface area contributed by atoms with E-state index in [4.69, 9.17) is 14.2 Å². The Morgan fingerprint density at radius 3 is 2.40 bits per heavy atom. The fraction of sp³-hybridized carbons (Fsp3) is 0.609. The first-order valence-corrected chi connectivity index (χ1v) is 20.1. The van der Waals surface area contributed by atoms with Gasteiger partial charge in [0, 0.05) is 13.0 Å². The van der Waals surface area contributed by atoms with Gasteiger partial charge in [0.25, 0.3) is 0 Å². The SMILES string of the molecule is C=C(C)C1CCC2C3CC=C4CC(OC(=O)CCC(=O)OC(C)N(C)CCCC(Oc5ccc(C)cc5)c5ccccc5)CCC4(C)C3CCC12C. The van der Waals surface area contributed by atoms with Crippen molar-refractivity contribution in [1.82, 2.24) is 4.90 Å². The number of hydrogen-bond acceptors (Lipinski definition) is 6. The van der Waals surface area contributed by atoms with E-state index in [1.165, 1.54) is 42.4 Å². The highest BCUT2D eigenvalue weighted by Crippen LogP contribution is 2.67. The number of benzene rings is 2. The van der Waals surface area contributed by atoms with Crippen LogP contribution in [0.4, 0.5) is 0 Å². The average molecular weight is 710 g/mol. The molecule has 0 spiro atoms. The molecular formula is C46H63NO5. The number of rotatable bonds is 14. The van der Waals surface area contributed by atoms with Gasteiger partial charge < -0.3 is 14.2 Å². The van der Waals surface area contributed by atoms with E-state index in [0.29, 0.717) is 11.3 Å². The van der Waals surface area contributed by atoms with Gasteiger partial charge in [0.05, 0.1) is 12.8 Å². The molecule has 0 saturated heterocycles. The Bertz CT molecular complexity index is 1580. The summed E-state index contributed by atoms with van der Waals surface area (Å²) in [5.41, 5.74) is 5.83. The number of nitrogens with zero attached hydrogens (tertiary/aromatic N) is 1. The second kappa shape index (κ2) is 16.3. The van der Waals surface area contributed by atoms with Crippen LogP contribution in [0.5, 0.6) is 5.75 Å². The smallest absolute Gasteiger partial charge is 0.307 e. The fourth-order valence-corrected chi connectivity index (χ4v) is 10.8. The van der Waals surface area contributed by atoms with Crippen LogP contribution in [0.15, 0.2) is 78.4 Å². The van der Waals surface area contributed by atoms with Crippen molar-refractivity contribution < 1.29 is 23.8 Å². The van der Waals surface area contributed by atoms with Crippen molar-refractivity contribution in [2.45, 2.75) is 130 Å². The predicted molar refractivity (Wildman–Crippen MR) is 208 cm³/mol. The lowest BCUT2D eigenvalue weighted by Crippen LogP contribution is -2.50. The molecule has 0 aromatic heterocycles. The molecule has 6 heteroatoms. The van der Waals surface area contributed by atoms with Crippen LogP contribution in [-0.2, 0) is 19.1 Å². The minimum atomic E-state index is -0.400. The van der Waals surface area contributed by atoms with Crippen molar-refractivity contribution in [3.63, 3.8) is 0 Å². The highest BCUT2D eigenvalue weighted by atomic mass is 16.6. The molecule has 0 amide bonds. The van der Waals surface area contributed by atoms with Crippen LogP contribution in [0.3, 0.4) is 0 Å². The molecule has 0 aliphatic heterocycles. The van der Waals surface area contributed by atoms with E-state index in [0.717, 1.165) is 74.1 Å². The first-order chi connectivity index (χ1) is 24.9. The molecule has 52 heavy (non-hydrogen) atoms. The standard InChI is InChI=1S/C46H63NO5/c1-31(2)39-21-22-40-38-20-17-35-30-37(25-27-45(35,5)41(38)26-28-46(39,40)6)52-44(49)24-23-43(48)50-33(4)47(7)29-11-14-42(34-12-9-8-10-13-34)51-36-18-15-32(3)16-19-36/h8-10,12-13,15-19,33,37-42H,1,11,14,20-30H2,2-7H3. The molecule has 2 aromatic carbocycles. The molecule has 0 heterocycles. The number of hydrogen-bond donors (Lipinski definition) is 0. The van der Waals surface area contributed by atoms with E-state index in [9.17, 15) is 9.59 Å². The maximum Gasteiger partial charge on any atom is 0.307 e. The molecule has 4 aliphatic carbocycles. The van der Waals surface area contributed by atoms with E-state index in [-0.39, 0.29) is 42.4 Å². The molecule has 0 bridgehead atoms. The number of fused-ring (bicyclic) bond motifs is 5. The largest absolute Gasteiger partial charge is 0.486 e. The van der Waals surface area contributed by atoms with Gasteiger partial charge in [0.1, 0.15) is 18.0 Å². The van der Waals surface area contributed by atoms with Gasteiger partial charge in [0.2, 0.25) is 0 Å². The molecule has 2 aromatic rings. The van der Waals surface area contributed by atoms with E-state index in [1.807, 2.05) is 49.2 Å². The normalized spacial score (nSPS) is 30.6. The Morgan fingerprint density at radius 1 is 0.942 bits per heavy atom. The Balaban J connectivity index is 0.925. The summed E-state index contributed by atoms with van der Waals surface area (Å²) >= 11 is 0. The molecule has 0 N–H and O–H groups in total. The summed E-state index contributed by atoms with van der Waals surface area (Å²) in [6.07, 6.45) is 12.9. The van der Waals surface area contributed by atoms with Crippen LogP contribution >= 0.6 is 0 Å². The summed E-state index contributed by atoms with van der Waals surface area (Å²) in [6.45, 7) is 16.4. The van der Waals surface area contributed by atoms with Gasteiger partial charge in [0.15, 0.2) is 6.23 Å². The summed E-state index contributed by atoms with van der Waals surface area (Å²) in [7, 11) is 1.96. The Labute approximate surface area is 313 Å². The van der Waals surface area contributed by atoms with Crippen LogP contribution in [0.1, 0.15) is 122 Å². The van der Waals surface area contributed by atoms with Gasteiger partial charge in [-0.2, -0.15) is 0 Å². The second-order valence-electron chi connectivity index (χ2n) is 17.2. The van der Waals surface area contributed by atoms with E-state index >= 15 is 0 Å². The Morgan fingerprint density at radius 2 is 1.67 bits per heavy atom. The number of carbonyl (C=O) groups excluding carboxylic acids is 2. The summed E-state index contributed by atoms with van der Waals surface area (Å²) in [5.74, 6) is 3.12. The molecule has 282 valence electrons. The Hall–Kier alpha value is -3.38. The molecule has 0 radical (unpaired) electrons. The van der Waals surface area contributed by atoms with Gasteiger partial charge in [-0.1, -0.05) is 85.7 Å².